The van der Waals surface area contributed by atoms with Gasteiger partial charge in [0, 0.05) is 30.2 Å². The highest BCUT2D eigenvalue weighted by Gasteiger charge is 2.10. The lowest BCUT2D eigenvalue weighted by Crippen LogP contribution is -2.12. The van der Waals surface area contributed by atoms with Crippen LogP contribution in [0.3, 0.4) is 0 Å². The summed E-state index contributed by atoms with van der Waals surface area (Å²) in [5.74, 6) is 0.668. The van der Waals surface area contributed by atoms with E-state index in [0.717, 1.165) is 33.4 Å². The maximum absolute atomic E-state index is 13.0. The molecule has 1 heterocycles. The molecule has 32 heavy (non-hydrogen) atoms. The number of halogens is 1. The van der Waals surface area contributed by atoms with E-state index in [-0.39, 0.29) is 11.7 Å². The number of carbonyl (C=O) groups is 1. The topological polar surface area (TPSA) is 78.9 Å². The van der Waals surface area contributed by atoms with Crippen LogP contribution in [-0.2, 0) is 6.54 Å². The van der Waals surface area contributed by atoms with Crippen LogP contribution in [0.25, 0.3) is 10.9 Å². The summed E-state index contributed by atoms with van der Waals surface area (Å²) in [5.41, 5.74) is 5.27. The largest absolute Gasteiger partial charge is 0.365 e. The standard InChI is InChI=1S/C25H24FN5O/c1-15-12-16(2)22-21(13-15)23(31-25(27-3)30-22)28-14-17-4-10-20(11-5-17)29-24(32)18-6-8-19(26)9-7-18/h4-13H,14H2,1-3H3,(H,29,32)(H2,27,28,30,31). The Morgan fingerprint density at radius 3 is 2.38 bits per heavy atom. The Morgan fingerprint density at radius 1 is 0.969 bits per heavy atom. The van der Waals surface area contributed by atoms with Crippen LogP contribution in [0.4, 0.5) is 21.8 Å². The van der Waals surface area contributed by atoms with Crippen molar-refractivity contribution in [3.8, 4) is 0 Å². The summed E-state index contributed by atoms with van der Waals surface area (Å²) in [5, 5.41) is 10.2. The fourth-order valence-electron chi connectivity index (χ4n) is 3.53. The third-order valence-corrected chi connectivity index (χ3v) is 5.14. The number of nitrogens with one attached hydrogen (secondary N) is 3. The normalized spacial score (nSPS) is 10.8. The first-order valence-electron chi connectivity index (χ1n) is 10.3. The van der Waals surface area contributed by atoms with Crippen molar-refractivity contribution >= 4 is 34.3 Å². The molecule has 0 unspecified atom stereocenters. The van der Waals surface area contributed by atoms with Crippen molar-refractivity contribution in [2.45, 2.75) is 20.4 Å². The summed E-state index contributed by atoms with van der Waals surface area (Å²) in [7, 11) is 1.80. The third kappa shape index (κ3) is 4.67. The fourth-order valence-corrected chi connectivity index (χ4v) is 3.53. The Morgan fingerprint density at radius 2 is 1.69 bits per heavy atom. The van der Waals surface area contributed by atoms with Gasteiger partial charge in [0.2, 0.25) is 5.95 Å². The molecule has 0 radical (unpaired) electrons. The highest BCUT2D eigenvalue weighted by molar-refractivity contribution is 6.04. The van der Waals surface area contributed by atoms with Crippen LogP contribution in [0.15, 0.2) is 60.7 Å². The van der Waals surface area contributed by atoms with Gasteiger partial charge in [-0.05, 0) is 73.0 Å². The molecule has 0 aliphatic heterocycles. The second-order valence-corrected chi connectivity index (χ2v) is 7.64. The number of aryl methyl sites for hydroxylation is 2. The Balaban J connectivity index is 1.48. The van der Waals surface area contributed by atoms with Crippen molar-refractivity contribution in [3.05, 3.63) is 88.7 Å². The van der Waals surface area contributed by atoms with E-state index in [1.165, 1.54) is 24.3 Å². The second kappa shape index (κ2) is 9.01. The van der Waals surface area contributed by atoms with Crippen LogP contribution in [0, 0.1) is 19.7 Å². The molecular weight excluding hydrogens is 405 g/mol. The number of benzene rings is 3. The molecule has 3 aromatic carbocycles. The lowest BCUT2D eigenvalue weighted by atomic mass is 10.1. The molecule has 162 valence electrons. The minimum absolute atomic E-state index is 0.284. The SMILES string of the molecule is CNc1nc(NCc2ccc(NC(=O)c3ccc(F)cc3)cc2)c2cc(C)cc(C)c2n1. The summed E-state index contributed by atoms with van der Waals surface area (Å²) >= 11 is 0. The zero-order valence-electron chi connectivity index (χ0n) is 18.2. The van der Waals surface area contributed by atoms with E-state index in [9.17, 15) is 9.18 Å². The number of amides is 1. The van der Waals surface area contributed by atoms with Crippen molar-refractivity contribution in [2.24, 2.45) is 0 Å². The molecule has 0 fully saturated rings. The molecule has 0 aliphatic carbocycles. The third-order valence-electron chi connectivity index (χ3n) is 5.14. The molecule has 6 nitrogen and oxygen atoms in total. The predicted molar refractivity (Wildman–Crippen MR) is 127 cm³/mol. The average Bonchev–Trinajstić information content (AvgIpc) is 2.79. The fraction of sp³-hybridized carbons (Fsp3) is 0.160. The molecular formula is C25H24FN5O. The molecule has 1 aromatic heterocycles. The molecule has 0 saturated carbocycles. The van der Waals surface area contributed by atoms with E-state index in [0.29, 0.717) is 23.7 Å². The predicted octanol–water partition coefficient (Wildman–Crippen LogP) is 5.29. The summed E-state index contributed by atoms with van der Waals surface area (Å²) in [4.78, 5) is 21.5. The molecule has 1 amide bonds. The molecule has 3 N–H and O–H groups in total. The Bertz CT molecular complexity index is 1270. The van der Waals surface area contributed by atoms with Gasteiger partial charge in [0.15, 0.2) is 0 Å². The van der Waals surface area contributed by atoms with E-state index in [1.807, 2.05) is 31.2 Å². The summed E-state index contributed by atoms with van der Waals surface area (Å²) in [6.07, 6.45) is 0. The van der Waals surface area contributed by atoms with Crippen LogP contribution >= 0.6 is 0 Å². The van der Waals surface area contributed by atoms with Crippen LogP contribution in [0.5, 0.6) is 0 Å². The highest BCUT2D eigenvalue weighted by atomic mass is 19.1. The Hall–Kier alpha value is -4.00. The van der Waals surface area contributed by atoms with Crippen LogP contribution in [0.2, 0.25) is 0 Å². The van der Waals surface area contributed by atoms with Gasteiger partial charge in [0.1, 0.15) is 11.6 Å². The van der Waals surface area contributed by atoms with Gasteiger partial charge in [-0.3, -0.25) is 4.79 Å². The monoisotopic (exact) mass is 429 g/mol. The van der Waals surface area contributed by atoms with Gasteiger partial charge in [-0.2, -0.15) is 4.98 Å². The first-order valence-corrected chi connectivity index (χ1v) is 10.3. The van der Waals surface area contributed by atoms with Crippen molar-refractivity contribution in [1.82, 2.24) is 9.97 Å². The molecule has 0 spiro atoms. The van der Waals surface area contributed by atoms with E-state index in [1.54, 1.807) is 7.05 Å². The van der Waals surface area contributed by atoms with E-state index >= 15 is 0 Å². The van der Waals surface area contributed by atoms with E-state index < -0.39 is 0 Å². The molecule has 0 aliphatic rings. The van der Waals surface area contributed by atoms with Crippen molar-refractivity contribution in [2.75, 3.05) is 23.0 Å². The minimum Gasteiger partial charge on any atom is -0.365 e. The first kappa shape index (κ1) is 21.2. The number of hydrogen-bond acceptors (Lipinski definition) is 5. The first-order chi connectivity index (χ1) is 15.4. The molecule has 0 saturated heterocycles. The van der Waals surface area contributed by atoms with Gasteiger partial charge in [0.25, 0.3) is 5.91 Å². The number of nitrogens with zero attached hydrogens (tertiary/aromatic N) is 2. The number of fused-ring (bicyclic) bond motifs is 1. The van der Waals surface area contributed by atoms with Crippen molar-refractivity contribution in [3.63, 3.8) is 0 Å². The Kier molecular flexibility index (Phi) is 5.98. The maximum Gasteiger partial charge on any atom is 0.255 e. The van der Waals surface area contributed by atoms with E-state index in [4.69, 9.17) is 0 Å². The average molecular weight is 429 g/mol. The lowest BCUT2D eigenvalue weighted by molar-refractivity contribution is 0.102. The van der Waals surface area contributed by atoms with Gasteiger partial charge < -0.3 is 16.0 Å². The zero-order chi connectivity index (χ0) is 22.7. The van der Waals surface area contributed by atoms with Gasteiger partial charge in [-0.25, -0.2) is 9.37 Å². The molecule has 7 heteroatoms. The Labute approximate surface area is 185 Å². The quantitative estimate of drug-likeness (QED) is 0.388. The zero-order valence-corrected chi connectivity index (χ0v) is 18.2. The summed E-state index contributed by atoms with van der Waals surface area (Å²) in [6.45, 7) is 4.67. The summed E-state index contributed by atoms with van der Waals surface area (Å²) < 4.78 is 13.0. The molecule has 0 bridgehead atoms. The molecule has 4 rings (SSSR count). The van der Waals surface area contributed by atoms with Gasteiger partial charge in [0.05, 0.1) is 5.52 Å². The second-order valence-electron chi connectivity index (χ2n) is 7.64. The minimum atomic E-state index is -0.373. The number of aromatic nitrogens is 2. The number of anilines is 3. The number of rotatable bonds is 6. The smallest absolute Gasteiger partial charge is 0.255 e. The maximum atomic E-state index is 13.0. The van der Waals surface area contributed by atoms with Crippen LogP contribution in [0.1, 0.15) is 27.0 Å². The summed E-state index contributed by atoms with van der Waals surface area (Å²) in [6, 6.07) is 17.2. The van der Waals surface area contributed by atoms with Crippen LogP contribution in [-0.4, -0.2) is 22.9 Å². The van der Waals surface area contributed by atoms with Crippen LogP contribution < -0.4 is 16.0 Å². The van der Waals surface area contributed by atoms with Gasteiger partial charge in [-0.15, -0.1) is 0 Å². The lowest BCUT2D eigenvalue weighted by Gasteiger charge is -2.13. The number of hydrogen-bond donors (Lipinski definition) is 3. The van der Waals surface area contributed by atoms with Gasteiger partial charge >= 0.3 is 0 Å². The van der Waals surface area contributed by atoms with E-state index in [2.05, 4.69) is 45.0 Å². The number of carbonyl (C=O) groups excluding carboxylic acids is 1. The highest BCUT2D eigenvalue weighted by Crippen LogP contribution is 2.26. The van der Waals surface area contributed by atoms with Crippen molar-refractivity contribution in [1.29, 1.82) is 0 Å². The van der Waals surface area contributed by atoms with Crippen molar-refractivity contribution < 1.29 is 9.18 Å². The van der Waals surface area contributed by atoms with Gasteiger partial charge in [-0.1, -0.05) is 18.2 Å². The molecule has 4 aromatic rings. The molecule has 0 atom stereocenters.